The first-order valence-electron chi connectivity index (χ1n) is 11.2. The summed E-state index contributed by atoms with van der Waals surface area (Å²) in [5.41, 5.74) is 3.79. The molecule has 172 valence electrons. The smallest absolute Gasteiger partial charge is 0.252 e. The minimum atomic E-state index is -0.0695. The summed E-state index contributed by atoms with van der Waals surface area (Å²) in [5, 5.41) is 13.5. The van der Waals surface area contributed by atoms with Gasteiger partial charge in [-0.2, -0.15) is 0 Å². The SMILES string of the molecule is CC[C@H](c1nnnn1CCOC)N(Cc1ccccc1)Cc1cc2ccc(C)cc2[nH]c1=O. The van der Waals surface area contributed by atoms with E-state index in [2.05, 4.69) is 50.5 Å². The minimum Gasteiger partial charge on any atom is -0.383 e. The summed E-state index contributed by atoms with van der Waals surface area (Å²) < 4.78 is 7.02. The van der Waals surface area contributed by atoms with Crippen LogP contribution in [0.2, 0.25) is 0 Å². The minimum absolute atomic E-state index is 0.0647. The Morgan fingerprint density at radius 2 is 1.94 bits per heavy atom. The van der Waals surface area contributed by atoms with E-state index in [4.69, 9.17) is 4.74 Å². The molecule has 0 amide bonds. The molecule has 4 rings (SSSR count). The van der Waals surface area contributed by atoms with Gasteiger partial charge in [-0.3, -0.25) is 9.69 Å². The molecule has 8 heteroatoms. The predicted octanol–water partition coefficient (Wildman–Crippen LogP) is 3.62. The molecule has 1 atom stereocenters. The number of hydrogen-bond acceptors (Lipinski definition) is 6. The molecule has 8 nitrogen and oxygen atoms in total. The average molecular weight is 447 g/mol. The van der Waals surface area contributed by atoms with Gasteiger partial charge in [0.2, 0.25) is 0 Å². The summed E-state index contributed by atoms with van der Waals surface area (Å²) in [6.45, 7) is 6.38. The third-order valence-electron chi connectivity index (χ3n) is 5.87. The highest BCUT2D eigenvalue weighted by Gasteiger charge is 2.26. The number of hydrogen-bond donors (Lipinski definition) is 1. The highest BCUT2D eigenvalue weighted by Crippen LogP contribution is 2.26. The van der Waals surface area contributed by atoms with Gasteiger partial charge in [0.25, 0.3) is 5.56 Å². The maximum atomic E-state index is 13.0. The second kappa shape index (κ2) is 10.5. The molecule has 0 unspecified atom stereocenters. The Morgan fingerprint density at radius 1 is 1.12 bits per heavy atom. The fourth-order valence-corrected chi connectivity index (χ4v) is 4.18. The molecule has 0 spiro atoms. The number of ether oxygens (including phenoxy) is 1. The van der Waals surface area contributed by atoms with Gasteiger partial charge < -0.3 is 9.72 Å². The van der Waals surface area contributed by atoms with Crippen molar-refractivity contribution in [3.8, 4) is 0 Å². The summed E-state index contributed by atoms with van der Waals surface area (Å²) in [6.07, 6.45) is 0.796. The topological polar surface area (TPSA) is 88.9 Å². The van der Waals surface area contributed by atoms with E-state index >= 15 is 0 Å². The number of nitrogens with zero attached hydrogens (tertiary/aromatic N) is 5. The normalized spacial score (nSPS) is 12.5. The molecule has 2 aromatic heterocycles. The van der Waals surface area contributed by atoms with Crippen LogP contribution >= 0.6 is 0 Å². The molecule has 0 aliphatic carbocycles. The lowest BCUT2D eigenvalue weighted by molar-refractivity contribution is 0.151. The van der Waals surface area contributed by atoms with Crippen LogP contribution in [0.4, 0.5) is 0 Å². The van der Waals surface area contributed by atoms with E-state index in [1.165, 1.54) is 5.56 Å². The number of benzene rings is 2. The van der Waals surface area contributed by atoms with Gasteiger partial charge in [0.05, 0.1) is 19.2 Å². The lowest BCUT2D eigenvalue weighted by Gasteiger charge is -2.30. The van der Waals surface area contributed by atoms with Gasteiger partial charge in [-0.25, -0.2) is 4.68 Å². The number of aryl methyl sites for hydroxylation is 1. The van der Waals surface area contributed by atoms with Crippen LogP contribution in [0.3, 0.4) is 0 Å². The van der Waals surface area contributed by atoms with Gasteiger partial charge >= 0.3 is 0 Å². The van der Waals surface area contributed by atoms with Crippen molar-refractivity contribution in [1.29, 1.82) is 0 Å². The molecule has 2 aromatic carbocycles. The van der Waals surface area contributed by atoms with Crippen LogP contribution in [0.1, 0.15) is 41.9 Å². The summed E-state index contributed by atoms with van der Waals surface area (Å²) in [5.74, 6) is 0.776. The Morgan fingerprint density at radius 3 is 2.70 bits per heavy atom. The molecule has 4 aromatic rings. The molecule has 0 aliphatic rings. The van der Waals surface area contributed by atoms with E-state index in [-0.39, 0.29) is 11.6 Å². The number of aromatic amines is 1. The number of pyridine rings is 1. The molecule has 0 saturated heterocycles. The van der Waals surface area contributed by atoms with Crippen molar-refractivity contribution in [1.82, 2.24) is 30.1 Å². The molecular weight excluding hydrogens is 416 g/mol. The van der Waals surface area contributed by atoms with Crippen LogP contribution in [-0.2, 0) is 24.4 Å². The molecule has 0 saturated carbocycles. The molecule has 0 bridgehead atoms. The van der Waals surface area contributed by atoms with Crippen LogP contribution in [0.15, 0.2) is 59.4 Å². The van der Waals surface area contributed by atoms with Crippen LogP contribution in [-0.4, -0.2) is 43.8 Å². The van der Waals surface area contributed by atoms with E-state index in [0.717, 1.165) is 34.3 Å². The van der Waals surface area contributed by atoms with Crippen molar-refractivity contribution in [2.75, 3.05) is 13.7 Å². The van der Waals surface area contributed by atoms with Crippen molar-refractivity contribution in [2.45, 2.75) is 45.9 Å². The Balaban J connectivity index is 1.71. The first-order valence-corrected chi connectivity index (χ1v) is 11.2. The Labute approximate surface area is 193 Å². The Kier molecular flexibility index (Phi) is 7.26. The quantitative estimate of drug-likeness (QED) is 0.400. The fraction of sp³-hybridized carbons (Fsp3) is 0.360. The number of H-pyrrole nitrogens is 1. The zero-order chi connectivity index (χ0) is 23.2. The monoisotopic (exact) mass is 446 g/mol. The van der Waals surface area contributed by atoms with E-state index < -0.39 is 0 Å². The van der Waals surface area contributed by atoms with Gasteiger partial charge in [0.15, 0.2) is 5.82 Å². The van der Waals surface area contributed by atoms with E-state index in [0.29, 0.717) is 26.2 Å². The Bertz CT molecular complexity index is 1250. The summed E-state index contributed by atoms with van der Waals surface area (Å²) >= 11 is 0. The van der Waals surface area contributed by atoms with Crippen LogP contribution in [0.25, 0.3) is 10.9 Å². The number of nitrogens with one attached hydrogen (secondary N) is 1. The molecular formula is C25H30N6O2. The zero-order valence-corrected chi connectivity index (χ0v) is 19.4. The molecule has 1 N–H and O–H groups in total. The largest absolute Gasteiger partial charge is 0.383 e. The van der Waals surface area contributed by atoms with Crippen molar-refractivity contribution in [2.24, 2.45) is 0 Å². The molecule has 0 aliphatic heterocycles. The lowest BCUT2D eigenvalue weighted by Crippen LogP contribution is -2.32. The standard InChI is InChI=1S/C25H30N6O2/c1-4-23(24-27-28-29-31(24)12-13-33-3)30(16-19-8-6-5-7-9-19)17-21-15-20-11-10-18(2)14-22(20)26-25(21)32/h5-11,14-15,23H,4,12-13,16-17H2,1-3H3,(H,26,32)/t23-/m1/s1. The summed E-state index contributed by atoms with van der Waals surface area (Å²) in [6, 6.07) is 18.3. The maximum Gasteiger partial charge on any atom is 0.252 e. The molecule has 0 radical (unpaired) electrons. The van der Waals surface area contributed by atoms with Crippen molar-refractivity contribution in [3.05, 3.63) is 87.5 Å². The first-order chi connectivity index (χ1) is 16.1. The zero-order valence-electron chi connectivity index (χ0n) is 19.4. The van der Waals surface area contributed by atoms with Crippen molar-refractivity contribution in [3.63, 3.8) is 0 Å². The van der Waals surface area contributed by atoms with Crippen LogP contribution < -0.4 is 5.56 Å². The fourth-order valence-electron chi connectivity index (χ4n) is 4.18. The van der Waals surface area contributed by atoms with E-state index in [1.54, 1.807) is 11.8 Å². The van der Waals surface area contributed by atoms with E-state index in [9.17, 15) is 4.79 Å². The number of rotatable bonds is 10. The average Bonchev–Trinajstić information content (AvgIpc) is 3.27. The van der Waals surface area contributed by atoms with E-state index in [1.807, 2.05) is 43.3 Å². The Hall–Kier alpha value is -3.36. The predicted molar refractivity (Wildman–Crippen MR) is 128 cm³/mol. The van der Waals surface area contributed by atoms with Gasteiger partial charge in [-0.15, -0.1) is 5.10 Å². The van der Waals surface area contributed by atoms with Gasteiger partial charge in [-0.05, 0) is 52.4 Å². The van der Waals surface area contributed by atoms with Crippen LogP contribution in [0.5, 0.6) is 0 Å². The number of fused-ring (bicyclic) bond motifs is 1. The molecule has 0 fully saturated rings. The first kappa shape index (κ1) is 22.8. The van der Waals surface area contributed by atoms with Gasteiger partial charge in [0.1, 0.15) is 0 Å². The molecule has 33 heavy (non-hydrogen) atoms. The second-order valence-electron chi connectivity index (χ2n) is 8.28. The van der Waals surface area contributed by atoms with Crippen LogP contribution in [0, 0.1) is 6.92 Å². The lowest BCUT2D eigenvalue weighted by atomic mass is 10.1. The molecule has 2 heterocycles. The highest BCUT2D eigenvalue weighted by atomic mass is 16.5. The third-order valence-corrected chi connectivity index (χ3v) is 5.87. The van der Waals surface area contributed by atoms with Crippen molar-refractivity contribution < 1.29 is 4.74 Å². The second-order valence-corrected chi connectivity index (χ2v) is 8.28. The van der Waals surface area contributed by atoms with Crippen molar-refractivity contribution >= 4 is 10.9 Å². The maximum absolute atomic E-state index is 13.0. The number of tetrazole rings is 1. The summed E-state index contributed by atoms with van der Waals surface area (Å²) in [7, 11) is 1.66. The van der Waals surface area contributed by atoms with Gasteiger partial charge in [0, 0.05) is 31.3 Å². The number of aromatic nitrogens is 5. The highest BCUT2D eigenvalue weighted by molar-refractivity contribution is 5.79. The third kappa shape index (κ3) is 5.35. The van der Waals surface area contributed by atoms with Gasteiger partial charge in [-0.1, -0.05) is 49.4 Å². The summed E-state index contributed by atoms with van der Waals surface area (Å²) in [4.78, 5) is 18.3. The number of methoxy groups -OCH3 is 1.